The van der Waals surface area contributed by atoms with Gasteiger partial charge in [0.05, 0.1) is 0 Å². The van der Waals surface area contributed by atoms with Crippen molar-refractivity contribution in [2.45, 2.75) is 20.3 Å². The molecule has 0 radical (unpaired) electrons. The van der Waals surface area contributed by atoms with Crippen LogP contribution in [0.2, 0.25) is 0 Å². The number of anilines is 3. The van der Waals surface area contributed by atoms with E-state index >= 15 is 0 Å². The lowest BCUT2D eigenvalue weighted by Crippen LogP contribution is -2.21. The molecule has 0 bridgehead atoms. The smallest absolute Gasteiger partial charge is 0.229 e. The molecule has 3 aromatic rings. The van der Waals surface area contributed by atoms with Crippen LogP contribution in [0.3, 0.4) is 0 Å². The summed E-state index contributed by atoms with van der Waals surface area (Å²) in [4.78, 5) is 15.2. The first kappa shape index (κ1) is 16.9. The summed E-state index contributed by atoms with van der Waals surface area (Å²) in [5, 5.41) is 3.30. The van der Waals surface area contributed by atoms with Crippen LogP contribution >= 0.6 is 0 Å². The topological polar surface area (TPSA) is 53.9 Å². The third-order valence-electron chi connectivity index (χ3n) is 4.00. The van der Waals surface area contributed by atoms with E-state index in [-0.39, 0.29) is 0 Å². The number of aromatic nitrogens is 3. The number of benzene rings is 1. The molecule has 0 aliphatic heterocycles. The van der Waals surface area contributed by atoms with E-state index in [1.165, 1.54) is 16.7 Å². The molecule has 0 saturated carbocycles. The van der Waals surface area contributed by atoms with Gasteiger partial charge in [-0.05, 0) is 67.3 Å². The molecule has 5 heteroatoms. The van der Waals surface area contributed by atoms with Crippen molar-refractivity contribution in [1.82, 2.24) is 15.0 Å². The highest BCUT2D eigenvalue weighted by atomic mass is 15.2. The van der Waals surface area contributed by atoms with Crippen molar-refractivity contribution in [3.8, 4) is 0 Å². The number of hydrogen-bond donors (Lipinski definition) is 1. The van der Waals surface area contributed by atoms with Gasteiger partial charge in [0.25, 0.3) is 0 Å². The second-order valence-electron chi connectivity index (χ2n) is 6.27. The fourth-order valence-electron chi connectivity index (χ4n) is 2.76. The van der Waals surface area contributed by atoms with Crippen molar-refractivity contribution in [2.24, 2.45) is 0 Å². The Labute approximate surface area is 148 Å². The van der Waals surface area contributed by atoms with Gasteiger partial charge in [-0.2, -0.15) is 4.98 Å². The quantitative estimate of drug-likeness (QED) is 0.741. The number of nitrogens with zero attached hydrogens (tertiary/aromatic N) is 4. The van der Waals surface area contributed by atoms with Crippen LogP contribution < -0.4 is 10.2 Å². The summed E-state index contributed by atoms with van der Waals surface area (Å²) in [5.41, 5.74) is 4.71. The van der Waals surface area contributed by atoms with Crippen LogP contribution in [0.15, 0.2) is 55.0 Å². The van der Waals surface area contributed by atoms with Gasteiger partial charge in [-0.25, -0.2) is 4.98 Å². The van der Waals surface area contributed by atoms with Gasteiger partial charge in [0, 0.05) is 37.9 Å². The minimum atomic E-state index is 0.610. The predicted octanol–water partition coefficient (Wildman–Crippen LogP) is 3.91. The monoisotopic (exact) mass is 333 g/mol. The summed E-state index contributed by atoms with van der Waals surface area (Å²) in [6, 6.07) is 12.3. The average molecular weight is 333 g/mol. The number of nitrogens with one attached hydrogen (secondary N) is 1. The molecule has 0 spiro atoms. The Morgan fingerprint density at radius 1 is 0.960 bits per heavy atom. The maximum Gasteiger partial charge on any atom is 0.229 e. The van der Waals surface area contributed by atoms with E-state index in [0.29, 0.717) is 5.95 Å². The summed E-state index contributed by atoms with van der Waals surface area (Å²) < 4.78 is 0. The highest BCUT2D eigenvalue weighted by Gasteiger charge is 2.06. The molecule has 0 aliphatic rings. The Balaban J connectivity index is 1.68. The van der Waals surface area contributed by atoms with Gasteiger partial charge in [-0.3, -0.25) is 4.98 Å². The predicted molar refractivity (Wildman–Crippen MR) is 102 cm³/mol. The lowest BCUT2D eigenvalue weighted by atomic mass is 10.1. The second-order valence-corrected chi connectivity index (χ2v) is 6.27. The molecule has 0 atom stereocenters. The van der Waals surface area contributed by atoms with Gasteiger partial charge in [0.2, 0.25) is 5.95 Å². The molecular formula is C20H23N5. The molecule has 0 unspecified atom stereocenters. The van der Waals surface area contributed by atoms with Crippen molar-refractivity contribution in [3.05, 3.63) is 71.7 Å². The van der Waals surface area contributed by atoms with E-state index in [1.54, 1.807) is 6.20 Å². The third-order valence-corrected chi connectivity index (χ3v) is 4.00. The lowest BCUT2D eigenvalue weighted by molar-refractivity contribution is 0.855. The largest absolute Gasteiger partial charge is 0.359 e. The highest BCUT2D eigenvalue weighted by Crippen LogP contribution is 2.19. The van der Waals surface area contributed by atoms with Crippen molar-refractivity contribution in [1.29, 1.82) is 0 Å². The summed E-state index contributed by atoms with van der Waals surface area (Å²) in [5.74, 6) is 1.51. The van der Waals surface area contributed by atoms with Crippen LogP contribution in [-0.4, -0.2) is 28.5 Å². The number of pyridine rings is 1. The molecule has 25 heavy (non-hydrogen) atoms. The minimum Gasteiger partial charge on any atom is -0.359 e. The van der Waals surface area contributed by atoms with E-state index < -0.39 is 0 Å². The first-order chi connectivity index (χ1) is 12.1. The Hall–Kier alpha value is -2.95. The molecule has 0 amide bonds. The van der Waals surface area contributed by atoms with E-state index in [1.807, 2.05) is 37.6 Å². The Morgan fingerprint density at radius 3 is 2.40 bits per heavy atom. The first-order valence-electron chi connectivity index (χ1n) is 8.38. The Morgan fingerprint density at radius 2 is 1.68 bits per heavy atom. The molecule has 0 aliphatic carbocycles. The van der Waals surface area contributed by atoms with E-state index in [0.717, 1.165) is 24.5 Å². The van der Waals surface area contributed by atoms with Gasteiger partial charge in [0.1, 0.15) is 5.82 Å². The van der Waals surface area contributed by atoms with Crippen LogP contribution in [0, 0.1) is 13.8 Å². The molecule has 0 fully saturated rings. The molecule has 2 aromatic heterocycles. The maximum absolute atomic E-state index is 4.63. The second kappa shape index (κ2) is 7.75. The molecule has 3 rings (SSSR count). The molecule has 1 aromatic carbocycles. The van der Waals surface area contributed by atoms with Crippen molar-refractivity contribution >= 4 is 17.5 Å². The zero-order chi connectivity index (χ0) is 17.6. The van der Waals surface area contributed by atoms with Crippen LogP contribution in [0.1, 0.15) is 16.7 Å². The number of rotatable bonds is 6. The van der Waals surface area contributed by atoms with Gasteiger partial charge in [0.15, 0.2) is 0 Å². The standard InChI is InChI=1S/C20H23N5/c1-15-12-16(2)14-18(13-15)23-20-22-10-6-19(24-20)25(3)11-7-17-4-8-21-9-5-17/h4-6,8-10,12-14H,7,11H2,1-3H3,(H,22,23,24). The fraction of sp³-hybridized carbons (Fsp3) is 0.250. The van der Waals surface area contributed by atoms with Crippen molar-refractivity contribution in [3.63, 3.8) is 0 Å². The maximum atomic E-state index is 4.63. The van der Waals surface area contributed by atoms with Crippen LogP contribution in [0.25, 0.3) is 0 Å². The number of aryl methyl sites for hydroxylation is 2. The van der Waals surface area contributed by atoms with E-state index in [9.17, 15) is 0 Å². The third kappa shape index (κ3) is 4.76. The fourth-order valence-corrected chi connectivity index (χ4v) is 2.76. The summed E-state index contributed by atoms with van der Waals surface area (Å²) in [6.45, 7) is 5.05. The van der Waals surface area contributed by atoms with Gasteiger partial charge in [-0.15, -0.1) is 0 Å². The van der Waals surface area contributed by atoms with Crippen molar-refractivity contribution < 1.29 is 0 Å². The molecular weight excluding hydrogens is 310 g/mol. The summed E-state index contributed by atoms with van der Waals surface area (Å²) >= 11 is 0. The lowest BCUT2D eigenvalue weighted by Gasteiger charge is -2.18. The molecule has 5 nitrogen and oxygen atoms in total. The van der Waals surface area contributed by atoms with Crippen LogP contribution in [0.4, 0.5) is 17.5 Å². The van der Waals surface area contributed by atoms with Crippen LogP contribution in [0.5, 0.6) is 0 Å². The Bertz CT molecular complexity index is 812. The van der Waals surface area contributed by atoms with E-state index in [4.69, 9.17) is 0 Å². The van der Waals surface area contributed by atoms with Gasteiger partial charge in [-0.1, -0.05) is 6.07 Å². The van der Waals surface area contributed by atoms with E-state index in [2.05, 4.69) is 57.2 Å². The zero-order valence-electron chi connectivity index (χ0n) is 14.9. The number of hydrogen-bond acceptors (Lipinski definition) is 5. The summed E-state index contributed by atoms with van der Waals surface area (Å²) in [7, 11) is 2.05. The molecule has 1 N–H and O–H groups in total. The zero-order valence-corrected chi connectivity index (χ0v) is 14.9. The molecule has 128 valence electrons. The summed E-state index contributed by atoms with van der Waals surface area (Å²) in [6.07, 6.45) is 6.39. The normalized spacial score (nSPS) is 10.5. The number of likely N-dealkylation sites (N-methyl/N-ethyl adjacent to an activating group) is 1. The van der Waals surface area contributed by atoms with Crippen LogP contribution in [-0.2, 0) is 6.42 Å². The minimum absolute atomic E-state index is 0.610. The van der Waals surface area contributed by atoms with Crippen molar-refractivity contribution in [2.75, 3.05) is 23.8 Å². The molecule has 0 saturated heterocycles. The molecule has 2 heterocycles. The Kier molecular flexibility index (Phi) is 5.23. The SMILES string of the molecule is Cc1cc(C)cc(Nc2nccc(N(C)CCc3ccncc3)n2)c1. The average Bonchev–Trinajstić information content (AvgIpc) is 2.60. The highest BCUT2D eigenvalue weighted by molar-refractivity contribution is 5.57. The van der Waals surface area contributed by atoms with Gasteiger partial charge >= 0.3 is 0 Å². The van der Waals surface area contributed by atoms with Gasteiger partial charge < -0.3 is 10.2 Å². The first-order valence-corrected chi connectivity index (χ1v) is 8.38.